The number of carbonyl (C=O) groups excluding carboxylic acids is 2. The fourth-order valence-electron chi connectivity index (χ4n) is 1.01. The highest BCUT2D eigenvalue weighted by molar-refractivity contribution is 5.78. The highest BCUT2D eigenvalue weighted by Crippen LogP contribution is 2.08. The second-order valence-electron chi connectivity index (χ2n) is 2.90. The second-order valence-corrected chi connectivity index (χ2v) is 2.90. The van der Waals surface area contributed by atoms with Crippen molar-refractivity contribution in [2.75, 3.05) is 6.61 Å². The van der Waals surface area contributed by atoms with Gasteiger partial charge in [0.1, 0.15) is 6.04 Å². The average molecular weight is 187 g/mol. The molecule has 0 aliphatic heterocycles. The number of carbonyl (C=O) groups is 2. The van der Waals surface area contributed by atoms with Crippen molar-refractivity contribution in [2.24, 2.45) is 5.92 Å². The molecule has 0 spiro atoms. The Kier molecular flexibility index (Phi) is 5.93. The zero-order valence-electron chi connectivity index (χ0n) is 8.37. The summed E-state index contributed by atoms with van der Waals surface area (Å²) in [6.07, 6.45) is 1.36. The molecule has 0 saturated heterocycles. The lowest BCUT2D eigenvalue weighted by atomic mass is 10.00. The quantitative estimate of drug-likeness (QED) is 0.492. The molecule has 2 unspecified atom stereocenters. The van der Waals surface area contributed by atoms with E-state index in [2.05, 4.69) is 5.32 Å². The first-order valence-corrected chi connectivity index (χ1v) is 4.53. The first-order valence-electron chi connectivity index (χ1n) is 4.53. The van der Waals surface area contributed by atoms with Crippen LogP contribution in [-0.2, 0) is 14.3 Å². The zero-order valence-corrected chi connectivity index (χ0v) is 8.37. The monoisotopic (exact) mass is 187 g/mol. The summed E-state index contributed by atoms with van der Waals surface area (Å²) in [5, 5.41) is 2.46. The highest BCUT2D eigenvalue weighted by Gasteiger charge is 2.24. The summed E-state index contributed by atoms with van der Waals surface area (Å²) in [7, 11) is 0. The summed E-state index contributed by atoms with van der Waals surface area (Å²) in [6, 6.07) is -0.512. The molecule has 13 heavy (non-hydrogen) atoms. The smallest absolute Gasteiger partial charge is 0.328 e. The average Bonchev–Trinajstić information content (AvgIpc) is 2.13. The summed E-state index contributed by atoms with van der Waals surface area (Å²) in [6.45, 7) is 5.94. The van der Waals surface area contributed by atoms with Crippen LogP contribution in [-0.4, -0.2) is 25.0 Å². The van der Waals surface area contributed by atoms with Crippen LogP contribution in [0, 0.1) is 5.92 Å². The Morgan fingerprint density at radius 3 is 2.54 bits per heavy atom. The van der Waals surface area contributed by atoms with E-state index in [1.54, 1.807) is 6.92 Å². The van der Waals surface area contributed by atoms with Crippen LogP contribution in [0.25, 0.3) is 0 Å². The fraction of sp³-hybridized carbons (Fsp3) is 0.778. The largest absolute Gasteiger partial charge is 0.464 e. The predicted molar refractivity (Wildman–Crippen MR) is 49.1 cm³/mol. The van der Waals surface area contributed by atoms with Crippen LogP contribution in [0.15, 0.2) is 0 Å². The van der Waals surface area contributed by atoms with Crippen LogP contribution in [0.5, 0.6) is 0 Å². The maximum absolute atomic E-state index is 11.3. The van der Waals surface area contributed by atoms with Crippen molar-refractivity contribution in [3.05, 3.63) is 0 Å². The topological polar surface area (TPSA) is 55.4 Å². The van der Waals surface area contributed by atoms with Crippen LogP contribution in [0.3, 0.4) is 0 Å². The Balaban J connectivity index is 4.21. The van der Waals surface area contributed by atoms with Gasteiger partial charge in [-0.15, -0.1) is 0 Å². The van der Waals surface area contributed by atoms with E-state index in [0.29, 0.717) is 13.0 Å². The second kappa shape index (κ2) is 6.46. The number of nitrogens with one attached hydrogen (secondary N) is 1. The van der Waals surface area contributed by atoms with Crippen LogP contribution >= 0.6 is 0 Å². The molecule has 0 aromatic carbocycles. The minimum absolute atomic E-state index is 0.101. The number of amides is 1. The molecule has 0 rings (SSSR count). The highest BCUT2D eigenvalue weighted by atomic mass is 16.5. The van der Waals surface area contributed by atoms with Crippen LogP contribution < -0.4 is 5.32 Å². The van der Waals surface area contributed by atoms with Gasteiger partial charge in [0.05, 0.1) is 6.61 Å². The molecule has 0 fully saturated rings. The Labute approximate surface area is 78.6 Å². The van der Waals surface area contributed by atoms with Crippen LogP contribution in [0.1, 0.15) is 27.2 Å². The Hall–Kier alpha value is -1.06. The van der Waals surface area contributed by atoms with Gasteiger partial charge in [0, 0.05) is 0 Å². The maximum atomic E-state index is 11.3. The zero-order chi connectivity index (χ0) is 10.3. The van der Waals surface area contributed by atoms with Gasteiger partial charge in [0.15, 0.2) is 0 Å². The van der Waals surface area contributed by atoms with Gasteiger partial charge in [-0.3, -0.25) is 4.79 Å². The van der Waals surface area contributed by atoms with Gasteiger partial charge in [0.25, 0.3) is 0 Å². The SMILES string of the molecule is CCOC(=O)C(NC=O)C(C)CC. The van der Waals surface area contributed by atoms with E-state index in [-0.39, 0.29) is 11.9 Å². The van der Waals surface area contributed by atoms with Crippen molar-refractivity contribution in [3.63, 3.8) is 0 Å². The van der Waals surface area contributed by atoms with E-state index < -0.39 is 6.04 Å². The predicted octanol–water partition coefficient (Wildman–Crippen LogP) is 0.710. The van der Waals surface area contributed by atoms with Crippen molar-refractivity contribution in [2.45, 2.75) is 33.2 Å². The van der Waals surface area contributed by atoms with Crippen LogP contribution in [0.4, 0.5) is 0 Å². The van der Waals surface area contributed by atoms with Crippen molar-refractivity contribution in [1.29, 1.82) is 0 Å². The number of esters is 1. The Morgan fingerprint density at radius 1 is 1.54 bits per heavy atom. The summed E-state index contributed by atoms with van der Waals surface area (Å²) >= 11 is 0. The molecule has 0 aliphatic rings. The van der Waals surface area contributed by atoms with Gasteiger partial charge in [-0.1, -0.05) is 20.3 Å². The molecule has 0 aromatic rings. The van der Waals surface area contributed by atoms with Gasteiger partial charge in [-0.25, -0.2) is 4.79 Å². The molecule has 0 radical (unpaired) electrons. The summed E-state index contributed by atoms with van der Waals surface area (Å²) in [4.78, 5) is 21.5. The van der Waals surface area contributed by atoms with E-state index in [1.807, 2.05) is 13.8 Å². The third-order valence-electron chi connectivity index (χ3n) is 2.00. The van der Waals surface area contributed by atoms with E-state index in [1.165, 1.54) is 0 Å². The summed E-state index contributed by atoms with van der Waals surface area (Å²) in [5.74, 6) is -0.256. The lowest BCUT2D eigenvalue weighted by Crippen LogP contribution is -2.42. The molecule has 1 N–H and O–H groups in total. The molecule has 0 heterocycles. The Morgan fingerprint density at radius 2 is 2.15 bits per heavy atom. The first-order chi connectivity index (χ1) is 6.17. The molecule has 4 nitrogen and oxygen atoms in total. The van der Waals surface area contributed by atoms with E-state index >= 15 is 0 Å². The lowest BCUT2D eigenvalue weighted by molar-refractivity contribution is -0.148. The van der Waals surface area contributed by atoms with Gasteiger partial charge >= 0.3 is 5.97 Å². The standard InChI is InChI=1S/C9H17NO3/c1-4-7(3)8(10-6-11)9(12)13-5-2/h6-8H,4-5H2,1-3H3,(H,10,11). The molecule has 0 bridgehead atoms. The van der Waals surface area contributed by atoms with Gasteiger partial charge in [0.2, 0.25) is 6.41 Å². The Bertz CT molecular complexity index is 170. The molecule has 0 aromatic heterocycles. The van der Waals surface area contributed by atoms with Crippen LogP contribution in [0.2, 0.25) is 0 Å². The number of hydrogen-bond acceptors (Lipinski definition) is 3. The number of hydrogen-bond donors (Lipinski definition) is 1. The van der Waals surface area contributed by atoms with Gasteiger partial charge in [-0.2, -0.15) is 0 Å². The van der Waals surface area contributed by atoms with E-state index in [9.17, 15) is 9.59 Å². The third kappa shape index (κ3) is 3.92. The normalized spacial score (nSPS) is 14.4. The molecule has 2 atom stereocenters. The lowest BCUT2D eigenvalue weighted by Gasteiger charge is -2.19. The molecule has 4 heteroatoms. The van der Waals surface area contributed by atoms with E-state index in [0.717, 1.165) is 6.42 Å². The molecular formula is C9H17NO3. The molecule has 76 valence electrons. The van der Waals surface area contributed by atoms with Crippen molar-refractivity contribution in [3.8, 4) is 0 Å². The molecule has 0 aliphatic carbocycles. The maximum Gasteiger partial charge on any atom is 0.328 e. The fourth-order valence-corrected chi connectivity index (χ4v) is 1.01. The molecule has 0 saturated carbocycles. The van der Waals surface area contributed by atoms with Crippen molar-refractivity contribution >= 4 is 12.4 Å². The molecular weight excluding hydrogens is 170 g/mol. The van der Waals surface area contributed by atoms with Gasteiger partial charge < -0.3 is 10.1 Å². The van der Waals surface area contributed by atoms with Gasteiger partial charge in [-0.05, 0) is 12.8 Å². The first kappa shape index (κ1) is 11.9. The van der Waals surface area contributed by atoms with Crippen molar-refractivity contribution in [1.82, 2.24) is 5.32 Å². The van der Waals surface area contributed by atoms with Crippen molar-refractivity contribution < 1.29 is 14.3 Å². The summed E-state index contributed by atoms with van der Waals surface area (Å²) < 4.78 is 4.82. The number of ether oxygens (including phenoxy) is 1. The van der Waals surface area contributed by atoms with E-state index in [4.69, 9.17) is 4.74 Å². The minimum atomic E-state index is -0.512. The third-order valence-corrected chi connectivity index (χ3v) is 2.00. The minimum Gasteiger partial charge on any atom is -0.464 e. The molecule has 1 amide bonds. The summed E-state index contributed by atoms with van der Waals surface area (Å²) in [5.41, 5.74) is 0. The number of rotatable bonds is 6.